The van der Waals surface area contributed by atoms with E-state index in [9.17, 15) is 13.2 Å². The zero-order valence-electron chi connectivity index (χ0n) is 8.08. The van der Waals surface area contributed by atoms with Crippen LogP contribution in [0.15, 0.2) is 6.07 Å². The van der Waals surface area contributed by atoms with Gasteiger partial charge in [-0.05, 0) is 6.07 Å². The van der Waals surface area contributed by atoms with Crippen LogP contribution in [0.25, 0.3) is 0 Å². The number of aliphatic hydroxyl groups is 1. The van der Waals surface area contributed by atoms with Gasteiger partial charge in [-0.15, -0.1) is 13.2 Å². The molecule has 0 spiro atoms. The number of hydrogen-bond acceptors (Lipinski definition) is 5. The number of pyridine rings is 1. The van der Waals surface area contributed by atoms with Crippen LogP contribution in [-0.4, -0.2) is 16.5 Å². The summed E-state index contributed by atoms with van der Waals surface area (Å²) >= 11 is 0. The molecule has 0 saturated heterocycles. The number of halogens is 3. The van der Waals surface area contributed by atoms with Crippen molar-refractivity contribution in [1.82, 2.24) is 4.98 Å². The zero-order chi connectivity index (χ0) is 12.3. The van der Waals surface area contributed by atoms with Gasteiger partial charge in [0, 0.05) is 12.1 Å². The van der Waals surface area contributed by atoms with E-state index in [1.54, 1.807) is 0 Å². The number of ether oxygens (including phenoxy) is 1. The number of hydrogen-bond donors (Lipinski definition) is 3. The Morgan fingerprint density at radius 3 is 2.50 bits per heavy atom. The van der Waals surface area contributed by atoms with E-state index in [1.165, 1.54) is 0 Å². The summed E-state index contributed by atoms with van der Waals surface area (Å²) in [6, 6.07) is 0.970. The summed E-state index contributed by atoms with van der Waals surface area (Å²) in [5, 5.41) is 8.89. The lowest BCUT2D eigenvalue weighted by Gasteiger charge is -2.13. The van der Waals surface area contributed by atoms with E-state index in [0.29, 0.717) is 0 Å². The highest BCUT2D eigenvalue weighted by Gasteiger charge is 2.32. The van der Waals surface area contributed by atoms with Gasteiger partial charge in [0.1, 0.15) is 0 Å². The maximum absolute atomic E-state index is 11.9. The monoisotopic (exact) mass is 237 g/mol. The molecular formula is C8H10F3N3O2. The molecular weight excluding hydrogens is 227 g/mol. The van der Waals surface area contributed by atoms with Crippen LogP contribution in [0.5, 0.6) is 5.75 Å². The van der Waals surface area contributed by atoms with Gasteiger partial charge in [0.05, 0.1) is 12.3 Å². The van der Waals surface area contributed by atoms with Crippen molar-refractivity contribution >= 4 is 5.82 Å². The molecule has 0 aliphatic carbocycles. The van der Waals surface area contributed by atoms with E-state index in [0.717, 1.165) is 6.07 Å². The number of nitrogens with two attached hydrogens (primary N) is 2. The van der Waals surface area contributed by atoms with Gasteiger partial charge in [-0.1, -0.05) is 0 Å². The Balaban J connectivity index is 3.11. The number of alkyl halides is 3. The molecule has 0 radical (unpaired) electrons. The summed E-state index contributed by atoms with van der Waals surface area (Å²) in [6.45, 7) is -0.527. The summed E-state index contributed by atoms with van der Waals surface area (Å²) in [5.74, 6) is -1.07. The molecule has 0 amide bonds. The molecule has 0 aliphatic rings. The van der Waals surface area contributed by atoms with Crippen LogP contribution in [0.2, 0.25) is 0 Å². The van der Waals surface area contributed by atoms with Gasteiger partial charge in [-0.3, -0.25) is 0 Å². The van der Waals surface area contributed by atoms with E-state index in [-0.39, 0.29) is 17.8 Å². The first-order chi connectivity index (χ1) is 7.37. The van der Waals surface area contributed by atoms with Gasteiger partial charge in [-0.25, -0.2) is 4.98 Å². The molecule has 1 heterocycles. The minimum absolute atomic E-state index is 0.0353. The predicted octanol–water partition coefficient (Wildman–Crippen LogP) is 0.513. The van der Waals surface area contributed by atoms with Crippen molar-refractivity contribution < 1.29 is 23.0 Å². The van der Waals surface area contributed by atoms with Crippen LogP contribution in [0.1, 0.15) is 11.3 Å². The standard InChI is InChI=1S/C8H10F3N3O2/c9-8(10,11)16-6-1-4(3-15)5(2-12)14-7(6)13/h1,15H,2-3,12H2,(H2,13,14). The fourth-order valence-electron chi connectivity index (χ4n) is 1.11. The number of nitrogens with zero attached hydrogens (tertiary/aromatic N) is 1. The molecule has 0 saturated carbocycles. The van der Waals surface area contributed by atoms with Crippen molar-refractivity contribution in [3.8, 4) is 5.75 Å². The molecule has 0 bridgehead atoms. The first kappa shape index (κ1) is 12.5. The number of rotatable bonds is 3. The van der Waals surface area contributed by atoms with Crippen molar-refractivity contribution in [2.45, 2.75) is 19.5 Å². The summed E-state index contributed by atoms with van der Waals surface area (Å²) in [4.78, 5) is 3.61. The summed E-state index contributed by atoms with van der Waals surface area (Å²) in [5.41, 5.74) is 10.9. The Hall–Kier alpha value is -1.54. The molecule has 16 heavy (non-hydrogen) atoms. The third kappa shape index (κ3) is 2.97. The predicted molar refractivity (Wildman–Crippen MR) is 49.1 cm³/mol. The van der Waals surface area contributed by atoms with Crippen LogP contribution in [0, 0.1) is 0 Å². The zero-order valence-corrected chi connectivity index (χ0v) is 8.08. The second kappa shape index (κ2) is 4.54. The molecule has 1 aromatic heterocycles. The number of aromatic nitrogens is 1. The Morgan fingerprint density at radius 1 is 1.44 bits per heavy atom. The Kier molecular flexibility index (Phi) is 3.55. The lowest BCUT2D eigenvalue weighted by Crippen LogP contribution is -2.19. The normalized spacial score (nSPS) is 11.6. The molecule has 1 rings (SSSR count). The second-order valence-electron chi connectivity index (χ2n) is 2.89. The van der Waals surface area contributed by atoms with E-state index in [2.05, 4.69) is 9.72 Å². The molecule has 0 aromatic carbocycles. The van der Waals surface area contributed by atoms with Crippen molar-refractivity contribution in [3.63, 3.8) is 0 Å². The van der Waals surface area contributed by atoms with E-state index in [1.807, 2.05) is 0 Å². The van der Waals surface area contributed by atoms with Gasteiger partial charge < -0.3 is 21.3 Å². The van der Waals surface area contributed by atoms with Crippen LogP contribution in [0.4, 0.5) is 19.0 Å². The van der Waals surface area contributed by atoms with E-state index in [4.69, 9.17) is 16.6 Å². The van der Waals surface area contributed by atoms with Gasteiger partial charge in [0.15, 0.2) is 11.6 Å². The maximum Gasteiger partial charge on any atom is 0.573 e. The third-order valence-electron chi connectivity index (χ3n) is 1.77. The molecule has 0 fully saturated rings. The van der Waals surface area contributed by atoms with Crippen molar-refractivity contribution in [2.75, 3.05) is 5.73 Å². The average molecular weight is 237 g/mol. The van der Waals surface area contributed by atoms with E-state index < -0.39 is 24.5 Å². The van der Waals surface area contributed by atoms with Gasteiger partial charge in [0.25, 0.3) is 0 Å². The Morgan fingerprint density at radius 2 is 2.06 bits per heavy atom. The van der Waals surface area contributed by atoms with Crippen molar-refractivity contribution in [3.05, 3.63) is 17.3 Å². The highest BCUT2D eigenvalue weighted by molar-refractivity contribution is 5.49. The maximum atomic E-state index is 11.9. The smallest absolute Gasteiger partial charge is 0.402 e. The summed E-state index contributed by atoms with van der Waals surface area (Å²) in [7, 11) is 0. The largest absolute Gasteiger partial charge is 0.573 e. The van der Waals surface area contributed by atoms with Crippen LogP contribution in [-0.2, 0) is 13.2 Å². The molecule has 1 aromatic rings. The lowest BCUT2D eigenvalue weighted by atomic mass is 10.2. The van der Waals surface area contributed by atoms with Gasteiger partial charge in [0.2, 0.25) is 0 Å². The van der Waals surface area contributed by atoms with Crippen molar-refractivity contribution in [2.24, 2.45) is 5.73 Å². The van der Waals surface area contributed by atoms with Gasteiger partial charge in [-0.2, -0.15) is 0 Å². The molecule has 0 atom stereocenters. The molecule has 0 aliphatic heterocycles. The highest BCUT2D eigenvalue weighted by Crippen LogP contribution is 2.28. The highest BCUT2D eigenvalue weighted by atomic mass is 19.4. The lowest BCUT2D eigenvalue weighted by molar-refractivity contribution is -0.274. The van der Waals surface area contributed by atoms with Crippen LogP contribution >= 0.6 is 0 Å². The number of nitrogen functional groups attached to an aromatic ring is 1. The Labute approximate surface area is 88.8 Å². The average Bonchev–Trinajstić information content (AvgIpc) is 2.18. The minimum atomic E-state index is -4.85. The minimum Gasteiger partial charge on any atom is -0.402 e. The fourth-order valence-corrected chi connectivity index (χ4v) is 1.11. The second-order valence-corrected chi connectivity index (χ2v) is 2.89. The quantitative estimate of drug-likeness (QED) is 0.712. The van der Waals surface area contributed by atoms with Crippen molar-refractivity contribution in [1.29, 1.82) is 0 Å². The molecule has 90 valence electrons. The molecule has 5 nitrogen and oxygen atoms in total. The van der Waals surface area contributed by atoms with Crippen LogP contribution in [0.3, 0.4) is 0 Å². The van der Waals surface area contributed by atoms with Crippen LogP contribution < -0.4 is 16.2 Å². The Bertz CT molecular complexity index is 382. The fraction of sp³-hybridized carbons (Fsp3) is 0.375. The first-order valence-corrected chi connectivity index (χ1v) is 4.22. The SMILES string of the molecule is NCc1nc(N)c(OC(F)(F)F)cc1CO. The first-order valence-electron chi connectivity index (χ1n) is 4.22. The topological polar surface area (TPSA) is 94.4 Å². The molecule has 0 unspecified atom stereocenters. The summed E-state index contributed by atoms with van der Waals surface area (Å²) in [6.07, 6.45) is -4.85. The van der Waals surface area contributed by atoms with Gasteiger partial charge >= 0.3 is 6.36 Å². The molecule has 8 heteroatoms. The number of aliphatic hydroxyl groups excluding tert-OH is 1. The summed E-state index contributed by atoms with van der Waals surface area (Å²) < 4.78 is 39.5. The third-order valence-corrected chi connectivity index (χ3v) is 1.77. The number of anilines is 1. The van der Waals surface area contributed by atoms with E-state index >= 15 is 0 Å². The molecule has 5 N–H and O–H groups in total.